The summed E-state index contributed by atoms with van der Waals surface area (Å²) >= 11 is 12.7. The van der Waals surface area contributed by atoms with Crippen molar-refractivity contribution >= 4 is 44.9 Å². The highest BCUT2D eigenvalue weighted by molar-refractivity contribution is 7.92. The first-order valence-corrected chi connectivity index (χ1v) is 18.3. The molecule has 1 saturated carbocycles. The van der Waals surface area contributed by atoms with Crippen molar-refractivity contribution in [1.82, 2.24) is 9.88 Å². The Bertz CT molecular complexity index is 1770. The smallest absolute Gasteiger partial charge is 0.418 e. The number of sulfonamides is 1. The van der Waals surface area contributed by atoms with E-state index in [0.29, 0.717) is 29.0 Å². The highest BCUT2D eigenvalue weighted by Crippen LogP contribution is 2.40. The Morgan fingerprint density at radius 3 is 2.32 bits per heavy atom. The molecule has 1 aromatic heterocycles. The Labute approximate surface area is 296 Å². The van der Waals surface area contributed by atoms with E-state index in [9.17, 15) is 35.2 Å². The maximum absolute atomic E-state index is 14.2. The number of likely N-dealkylation sites (tertiary alicyclic amines) is 1. The molecule has 0 unspecified atom stereocenters. The fourth-order valence-electron chi connectivity index (χ4n) is 5.57. The standard InChI is InChI=1S/C33H34Cl2F5N3O6S/c1-50(45,46)43(13-12-42-10-2-3-11-42)27-14-22(6-8-24(27)33(38,39)40)31(44)48-29(16-23-25(34)17-41-18-26(23)35)21-7-9-28(49-32(36)37)30(15-21)47-19-20-4-5-20/h6-9,14-15,17-18,20,29,32H,2-5,10-13,16,19H2,1H3/t29-/m0/s1. The molecule has 3 aromatic rings. The third kappa shape index (κ3) is 9.89. The number of esters is 1. The van der Waals surface area contributed by atoms with Crippen LogP contribution in [0, 0.1) is 5.92 Å². The zero-order chi connectivity index (χ0) is 36.2. The zero-order valence-electron chi connectivity index (χ0n) is 26.8. The van der Waals surface area contributed by atoms with Crippen molar-refractivity contribution in [3.63, 3.8) is 0 Å². The lowest BCUT2D eigenvalue weighted by molar-refractivity contribution is -0.137. The fourth-order valence-corrected chi connectivity index (χ4v) is 7.02. The van der Waals surface area contributed by atoms with Crippen LogP contribution in [0.5, 0.6) is 11.5 Å². The fraction of sp³-hybridized carbons (Fsp3) is 0.455. The average molecular weight is 767 g/mol. The minimum absolute atomic E-state index is 0.0405. The van der Waals surface area contributed by atoms with Gasteiger partial charge in [-0.05, 0) is 86.1 Å². The molecule has 17 heteroatoms. The topological polar surface area (TPSA) is 98.3 Å². The van der Waals surface area contributed by atoms with Crippen LogP contribution in [0.15, 0.2) is 48.8 Å². The van der Waals surface area contributed by atoms with Crippen LogP contribution in [0.25, 0.3) is 0 Å². The van der Waals surface area contributed by atoms with Crippen LogP contribution in [0.1, 0.15) is 58.8 Å². The van der Waals surface area contributed by atoms with Crippen molar-refractivity contribution in [1.29, 1.82) is 0 Å². The number of pyridine rings is 1. The number of carbonyl (C=O) groups excluding carboxylic acids is 1. The maximum atomic E-state index is 14.2. The first kappa shape index (κ1) is 37.8. The SMILES string of the molecule is CS(=O)(=O)N(CCN1CCCC1)c1cc(C(=O)O[C@@H](Cc2c(Cl)cncc2Cl)c2ccc(OC(F)F)c(OCC3CC3)c2)ccc1C(F)(F)F. The molecule has 2 heterocycles. The summed E-state index contributed by atoms with van der Waals surface area (Å²) in [5.74, 6) is -1.15. The minimum Gasteiger partial charge on any atom is -0.489 e. The van der Waals surface area contributed by atoms with Gasteiger partial charge in [-0.25, -0.2) is 13.2 Å². The monoisotopic (exact) mass is 765 g/mol. The van der Waals surface area contributed by atoms with Crippen LogP contribution in [-0.2, 0) is 27.4 Å². The summed E-state index contributed by atoms with van der Waals surface area (Å²) in [6.45, 7) is -1.64. The summed E-state index contributed by atoms with van der Waals surface area (Å²) in [5.41, 5.74) is -1.80. The summed E-state index contributed by atoms with van der Waals surface area (Å²) in [7, 11) is -4.24. The second-order valence-corrected chi connectivity index (χ2v) is 14.9. The van der Waals surface area contributed by atoms with Gasteiger partial charge in [0.25, 0.3) is 0 Å². The van der Waals surface area contributed by atoms with Gasteiger partial charge in [-0.3, -0.25) is 9.29 Å². The van der Waals surface area contributed by atoms with Gasteiger partial charge in [-0.15, -0.1) is 0 Å². The number of nitrogens with zero attached hydrogens (tertiary/aromatic N) is 3. The van der Waals surface area contributed by atoms with Crippen LogP contribution >= 0.6 is 23.2 Å². The molecule has 272 valence electrons. The number of hydrogen-bond acceptors (Lipinski definition) is 8. The molecule has 5 rings (SSSR count). The van der Waals surface area contributed by atoms with Crippen LogP contribution in [0.2, 0.25) is 10.0 Å². The second kappa shape index (κ2) is 15.9. The molecule has 2 fully saturated rings. The van der Waals surface area contributed by atoms with E-state index in [2.05, 4.69) is 9.72 Å². The van der Waals surface area contributed by atoms with E-state index in [1.165, 1.54) is 30.6 Å². The summed E-state index contributed by atoms with van der Waals surface area (Å²) in [6.07, 6.45) is 0.669. The number of hydrogen-bond donors (Lipinski definition) is 0. The lowest BCUT2D eigenvalue weighted by Gasteiger charge is -2.28. The van der Waals surface area contributed by atoms with E-state index in [1.807, 2.05) is 4.90 Å². The molecule has 1 atom stereocenters. The molecule has 2 aromatic carbocycles. The highest BCUT2D eigenvalue weighted by Gasteiger charge is 2.38. The molecule has 0 bridgehead atoms. The lowest BCUT2D eigenvalue weighted by atomic mass is 10.0. The number of ether oxygens (including phenoxy) is 3. The molecular formula is C33H34Cl2F5N3O6S. The number of benzene rings is 2. The molecule has 0 spiro atoms. The normalized spacial score (nSPS) is 16.0. The molecule has 0 N–H and O–H groups in total. The van der Waals surface area contributed by atoms with Crippen molar-refractivity contribution in [3.8, 4) is 11.5 Å². The molecule has 1 aliphatic carbocycles. The summed E-state index contributed by atoms with van der Waals surface area (Å²) in [4.78, 5) is 19.6. The average Bonchev–Trinajstić information content (AvgIpc) is 3.72. The third-order valence-electron chi connectivity index (χ3n) is 8.34. The maximum Gasteiger partial charge on any atom is 0.418 e. The number of anilines is 1. The molecule has 1 saturated heterocycles. The van der Waals surface area contributed by atoms with Crippen LogP contribution in [0.3, 0.4) is 0 Å². The van der Waals surface area contributed by atoms with Gasteiger partial charge in [0.1, 0.15) is 6.10 Å². The van der Waals surface area contributed by atoms with Gasteiger partial charge in [0.05, 0.1) is 39.7 Å². The molecular weight excluding hydrogens is 732 g/mol. The summed E-state index contributed by atoms with van der Waals surface area (Å²) < 4.78 is 112. The van der Waals surface area contributed by atoms with E-state index < -0.39 is 46.1 Å². The van der Waals surface area contributed by atoms with Crippen molar-refractivity contribution in [3.05, 3.63) is 81.1 Å². The molecule has 9 nitrogen and oxygen atoms in total. The van der Waals surface area contributed by atoms with Crippen molar-refractivity contribution in [2.24, 2.45) is 5.92 Å². The molecule has 50 heavy (non-hydrogen) atoms. The quantitative estimate of drug-likeness (QED) is 0.114. The first-order chi connectivity index (χ1) is 23.6. The van der Waals surface area contributed by atoms with Gasteiger partial charge in [-0.1, -0.05) is 29.3 Å². The predicted molar refractivity (Wildman–Crippen MR) is 177 cm³/mol. The Hall–Kier alpha value is -3.40. The lowest BCUT2D eigenvalue weighted by Crippen LogP contribution is -2.38. The molecule has 0 radical (unpaired) electrons. The Balaban J connectivity index is 1.52. The van der Waals surface area contributed by atoms with Crippen molar-refractivity contribution in [2.75, 3.05) is 43.3 Å². The van der Waals surface area contributed by atoms with Crippen LogP contribution in [-0.4, -0.2) is 69.9 Å². The minimum atomic E-state index is -4.95. The van der Waals surface area contributed by atoms with E-state index in [0.717, 1.165) is 44.1 Å². The third-order valence-corrected chi connectivity index (χ3v) is 10.2. The van der Waals surface area contributed by atoms with Gasteiger partial charge in [0.15, 0.2) is 11.5 Å². The van der Waals surface area contributed by atoms with E-state index >= 15 is 0 Å². The van der Waals surface area contributed by atoms with Crippen LogP contribution < -0.4 is 13.8 Å². The summed E-state index contributed by atoms with van der Waals surface area (Å²) in [6, 6.07) is 6.31. The van der Waals surface area contributed by atoms with Crippen molar-refractivity contribution in [2.45, 2.75) is 51.0 Å². The largest absolute Gasteiger partial charge is 0.489 e. The number of halogens is 7. The molecule has 0 amide bonds. The van der Waals surface area contributed by atoms with Gasteiger partial charge < -0.3 is 19.1 Å². The van der Waals surface area contributed by atoms with Gasteiger partial charge >= 0.3 is 18.8 Å². The number of carbonyl (C=O) groups is 1. The number of alkyl halides is 5. The van der Waals surface area contributed by atoms with Gasteiger partial charge in [0, 0.05) is 31.9 Å². The first-order valence-electron chi connectivity index (χ1n) is 15.7. The number of aromatic nitrogens is 1. The van der Waals surface area contributed by atoms with Crippen LogP contribution in [0.4, 0.5) is 27.6 Å². The zero-order valence-corrected chi connectivity index (χ0v) is 29.1. The van der Waals surface area contributed by atoms with Gasteiger partial charge in [0.2, 0.25) is 10.0 Å². The van der Waals surface area contributed by atoms with Crippen molar-refractivity contribution < 1.29 is 49.4 Å². The Kier molecular flexibility index (Phi) is 12.0. The van der Waals surface area contributed by atoms with E-state index in [4.69, 9.17) is 32.7 Å². The number of rotatable bonds is 15. The van der Waals surface area contributed by atoms with E-state index in [1.54, 1.807) is 0 Å². The molecule has 2 aliphatic rings. The second-order valence-electron chi connectivity index (χ2n) is 12.1. The Morgan fingerprint density at radius 1 is 1.04 bits per heavy atom. The predicted octanol–water partition coefficient (Wildman–Crippen LogP) is 7.80. The van der Waals surface area contributed by atoms with E-state index in [-0.39, 0.29) is 64.7 Å². The summed E-state index contributed by atoms with van der Waals surface area (Å²) in [5, 5.41) is 0.250. The Morgan fingerprint density at radius 2 is 1.72 bits per heavy atom. The molecule has 1 aliphatic heterocycles. The highest BCUT2D eigenvalue weighted by atomic mass is 35.5. The van der Waals surface area contributed by atoms with Gasteiger partial charge in [-0.2, -0.15) is 22.0 Å².